The Balaban J connectivity index is 2.22. The maximum atomic E-state index is 9.21. The fraction of sp³-hybridized carbons (Fsp3) is 0.375. The van der Waals surface area contributed by atoms with Gasteiger partial charge in [0.2, 0.25) is 0 Å². The molecule has 5 nitrogen and oxygen atoms in total. The third-order valence-corrected chi connectivity index (χ3v) is 3.38. The largest absolute Gasteiger partial charge is 0.471 e. The van der Waals surface area contributed by atoms with Crippen molar-refractivity contribution in [3.8, 4) is 11.9 Å². The van der Waals surface area contributed by atoms with E-state index in [9.17, 15) is 5.26 Å². The minimum atomic E-state index is 0.310. The van der Waals surface area contributed by atoms with Gasteiger partial charge in [0, 0.05) is 6.54 Å². The van der Waals surface area contributed by atoms with Crippen LogP contribution in [-0.2, 0) is 13.2 Å². The summed E-state index contributed by atoms with van der Waals surface area (Å²) in [5.41, 5.74) is 9.65. The molecule has 0 atom stereocenters. The monoisotopic (exact) mass is 284 g/mol. The lowest BCUT2D eigenvalue weighted by Gasteiger charge is -2.07. The van der Waals surface area contributed by atoms with E-state index in [1.807, 2.05) is 20.8 Å². The summed E-state index contributed by atoms with van der Waals surface area (Å²) in [6.07, 6.45) is 0.896. The van der Waals surface area contributed by atoms with Crippen LogP contribution in [-0.4, -0.2) is 9.78 Å². The normalized spacial score (nSPS) is 10.4. The first-order chi connectivity index (χ1) is 10.1. The van der Waals surface area contributed by atoms with Crippen LogP contribution in [0.3, 0.4) is 0 Å². The van der Waals surface area contributed by atoms with E-state index in [-0.39, 0.29) is 0 Å². The van der Waals surface area contributed by atoms with Crippen LogP contribution >= 0.6 is 0 Å². The number of nitriles is 1. The fourth-order valence-electron chi connectivity index (χ4n) is 2.14. The highest BCUT2D eigenvalue weighted by atomic mass is 16.5. The molecule has 1 aromatic carbocycles. The molecule has 2 rings (SSSR count). The van der Waals surface area contributed by atoms with Crippen molar-refractivity contribution >= 4 is 5.82 Å². The summed E-state index contributed by atoms with van der Waals surface area (Å²) in [4.78, 5) is 0. The van der Waals surface area contributed by atoms with Crippen LogP contribution in [0.2, 0.25) is 0 Å². The number of anilines is 1. The zero-order valence-corrected chi connectivity index (χ0v) is 12.7. The summed E-state index contributed by atoms with van der Waals surface area (Å²) in [5, 5.41) is 13.5. The van der Waals surface area contributed by atoms with Gasteiger partial charge in [0.05, 0.1) is 0 Å². The standard InChI is InChI=1S/C16H20N4O/c1-4-7-20-15(18)14(9-17)16(19-20)21-10-13-8-11(2)5-6-12(13)3/h5-6,8H,4,7,10,18H2,1-3H3. The van der Waals surface area contributed by atoms with Gasteiger partial charge in [-0.2, -0.15) is 5.26 Å². The van der Waals surface area contributed by atoms with Crippen LogP contribution in [0.1, 0.15) is 35.6 Å². The summed E-state index contributed by atoms with van der Waals surface area (Å²) in [7, 11) is 0. The zero-order chi connectivity index (χ0) is 15.4. The molecule has 110 valence electrons. The van der Waals surface area contributed by atoms with E-state index >= 15 is 0 Å². The fourth-order valence-corrected chi connectivity index (χ4v) is 2.14. The highest BCUT2D eigenvalue weighted by Gasteiger charge is 2.16. The van der Waals surface area contributed by atoms with Crippen molar-refractivity contribution in [2.75, 3.05) is 5.73 Å². The molecule has 2 N–H and O–H groups in total. The molecule has 0 bridgehead atoms. The van der Waals surface area contributed by atoms with Gasteiger partial charge in [0.25, 0.3) is 5.88 Å². The van der Waals surface area contributed by atoms with Crippen molar-refractivity contribution in [2.45, 2.75) is 40.3 Å². The van der Waals surface area contributed by atoms with Crippen molar-refractivity contribution in [1.82, 2.24) is 9.78 Å². The third-order valence-electron chi connectivity index (χ3n) is 3.38. The molecule has 0 fully saturated rings. The average Bonchev–Trinajstić information content (AvgIpc) is 2.76. The maximum absolute atomic E-state index is 9.21. The summed E-state index contributed by atoms with van der Waals surface area (Å²) in [5.74, 6) is 0.680. The third kappa shape index (κ3) is 3.16. The predicted molar refractivity (Wildman–Crippen MR) is 81.9 cm³/mol. The minimum absolute atomic E-state index is 0.310. The maximum Gasteiger partial charge on any atom is 0.253 e. The molecule has 5 heteroatoms. The van der Waals surface area contributed by atoms with Gasteiger partial charge in [-0.15, -0.1) is 5.10 Å². The van der Waals surface area contributed by atoms with Crippen LogP contribution in [0.4, 0.5) is 5.82 Å². The van der Waals surface area contributed by atoms with E-state index in [1.165, 1.54) is 5.56 Å². The Labute approximate surface area is 124 Å². The highest BCUT2D eigenvalue weighted by Crippen LogP contribution is 2.24. The lowest BCUT2D eigenvalue weighted by molar-refractivity contribution is 0.288. The van der Waals surface area contributed by atoms with Crippen molar-refractivity contribution in [3.05, 3.63) is 40.5 Å². The Morgan fingerprint density at radius 2 is 2.14 bits per heavy atom. The molecule has 0 amide bonds. The molecule has 0 aliphatic rings. The van der Waals surface area contributed by atoms with Crippen molar-refractivity contribution in [1.29, 1.82) is 5.26 Å². The first kappa shape index (κ1) is 14.9. The van der Waals surface area contributed by atoms with Gasteiger partial charge >= 0.3 is 0 Å². The number of aromatic nitrogens is 2. The topological polar surface area (TPSA) is 76.9 Å². The Morgan fingerprint density at radius 3 is 2.81 bits per heavy atom. The lowest BCUT2D eigenvalue weighted by atomic mass is 10.1. The minimum Gasteiger partial charge on any atom is -0.471 e. The predicted octanol–water partition coefficient (Wildman–Crippen LogP) is 2.94. The van der Waals surface area contributed by atoms with Crippen molar-refractivity contribution < 1.29 is 4.74 Å². The van der Waals surface area contributed by atoms with Crippen molar-refractivity contribution in [2.24, 2.45) is 0 Å². The van der Waals surface area contributed by atoms with Gasteiger partial charge in [0.1, 0.15) is 18.5 Å². The second-order valence-corrected chi connectivity index (χ2v) is 5.12. The molecular weight excluding hydrogens is 264 g/mol. The van der Waals surface area contributed by atoms with Gasteiger partial charge in [-0.3, -0.25) is 0 Å². The second kappa shape index (κ2) is 6.31. The number of benzene rings is 1. The molecule has 1 aromatic heterocycles. The Kier molecular flexibility index (Phi) is 4.49. The molecule has 0 saturated carbocycles. The van der Waals surface area contributed by atoms with Gasteiger partial charge in [-0.1, -0.05) is 30.7 Å². The molecule has 21 heavy (non-hydrogen) atoms. The summed E-state index contributed by atoms with van der Waals surface area (Å²) in [6, 6.07) is 8.27. The highest BCUT2D eigenvalue weighted by molar-refractivity contribution is 5.55. The van der Waals surface area contributed by atoms with Crippen LogP contribution in [0.5, 0.6) is 5.88 Å². The average molecular weight is 284 g/mol. The first-order valence-corrected chi connectivity index (χ1v) is 7.02. The molecule has 1 heterocycles. The number of rotatable bonds is 5. The van der Waals surface area contributed by atoms with Crippen LogP contribution in [0.15, 0.2) is 18.2 Å². The molecular formula is C16H20N4O. The lowest BCUT2D eigenvalue weighted by Crippen LogP contribution is -2.04. The molecule has 2 aromatic rings. The Bertz CT molecular complexity index is 682. The first-order valence-electron chi connectivity index (χ1n) is 7.02. The number of nitrogens with zero attached hydrogens (tertiary/aromatic N) is 3. The molecule has 0 radical (unpaired) electrons. The Morgan fingerprint density at radius 1 is 1.38 bits per heavy atom. The van der Waals surface area contributed by atoms with Gasteiger partial charge in [-0.25, -0.2) is 4.68 Å². The smallest absolute Gasteiger partial charge is 0.253 e. The van der Waals surface area contributed by atoms with Gasteiger partial charge in [0.15, 0.2) is 5.56 Å². The van der Waals surface area contributed by atoms with E-state index in [1.54, 1.807) is 4.68 Å². The van der Waals surface area contributed by atoms with E-state index in [4.69, 9.17) is 10.5 Å². The molecule has 0 unspecified atom stereocenters. The summed E-state index contributed by atoms with van der Waals surface area (Å²) in [6.45, 7) is 7.16. The van der Waals surface area contributed by atoms with Crippen LogP contribution in [0, 0.1) is 25.2 Å². The number of nitrogens with two attached hydrogens (primary N) is 1. The summed E-state index contributed by atoms with van der Waals surface area (Å²) >= 11 is 0. The number of ether oxygens (including phenoxy) is 1. The number of hydrogen-bond donors (Lipinski definition) is 1. The van der Waals surface area contributed by atoms with Crippen molar-refractivity contribution in [3.63, 3.8) is 0 Å². The van der Waals surface area contributed by atoms with Crippen LogP contribution < -0.4 is 10.5 Å². The van der Waals surface area contributed by atoms with Gasteiger partial charge in [-0.05, 0) is 31.4 Å². The van der Waals surface area contributed by atoms with Crippen LogP contribution in [0.25, 0.3) is 0 Å². The molecule has 0 aliphatic carbocycles. The number of aryl methyl sites for hydroxylation is 3. The number of hydrogen-bond acceptors (Lipinski definition) is 4. The Hall–Kier alpha value is -2.48. The molecule has 0 saturated heterocycles. The van der Waals surface area contributed by atoms with E-state index < -0.39 is 0 Å². The molecule has 0 spiro atoms. The van der Waals surface area contributed by atoms with E-state index in [0.717, 1.165) is 17.5 Å². The van der Waals surface area contributed by atoms with E-state index in [0.29, 0.717) is 30.4 Å². The zero-order valence-electron chi connectivity index (χ0n) is 12.7. The molecule has 0 aliphatic heterocycles. The van der Waals surface area contributed by atoms with Gasteiger partial charge < -0.3 is 10.5 Å². The summed E-state index contributed by atoms with van der Waals surface area (Å²) < 4.78 is 7.35. The SMILES string of the molecule is CCCn1nc(OCc2cc(C)ccc2C)c(C#N)c1N. The number of nitrogen functional groups attached to an aromatic ring is 1. The van der Waals surface area contributed by atoms with E-state index in [2.05, 4.69) is 29.4 Å². The quantitative estimate of drug-likeness (QED) is 0.915. The second-order valence-electron chi connectivity index (χ2n) is 5.12.